The molecule has 1 aromatic carbocycles. The predicted molar refractivity (Wildman–Crippen MR) is 67.7 cm³/mol. The molecule has 1 aromatic heterocycles. The van der Waals surface area contributed by atoms with Gasteiger partial charge in [0.15, 0.2) is 0 Å². The van der Waals surface area contributed by atoms with Crippen LogP contribution in [0, 0.1) is 5.82 Å². The molecule has 0 bridgehead atoms. The van der Waals surface area contributed by atoms with E-state index in [1.54, 1.807) is 0 Å². The van der Waals surface area contributed by atoms with Crippen molar-refractivity contribution >= 4 is 21.6 Å². The number of H-pyrrole nitrogens is 1. The molecule has 0 aliphatic rings. The molecule has 0 aliphatic heterocycles. The first-order chi connectivity index (χ1) is 9.44. The number of sulfonamides is 1. The molecule has 2 aromatic rings. The first-order valence-corrected chi connectivity index (χ1v) is 7.23. The Morgan fingerprint density at radius 2 is 2.20 bits per heavy atom. The third-order valence-corrected chi connectivity index (χ3v) is 4.05. The summed E-state index contributed by atoms with van der Waals surface area (Å²) in [6.07, 6.45) is 1.22. The fourth-order valence-corrected chi connectivity index (χ4v) is 2.92. The molecule has 0 radical (unpaired) electrons. The normalized spacial score (nSPS) is 11.8. The van der Waals surface area contributed by atoms with Gasteiger partial charge in [-0.1, -0.05) is 11.6 Å². The van der Waals surface area contributed by atoms with Crippen molar-refractivity contribution in [3.63, 3.8) is 0 Å². The molecule has 0 amide bonds. The first-order valence-electron chi connectivity index (χ1n) is 5.36. The van der Waals surface area contributed by atoms with E-state index in [1.165, 1.54) is 6.33 Å². The van der Waals surface area contributed by atoms with Gasteiger partial charge < -0.3 is 5.11 Å². The number of aliphatic hydroxyl groups excluding tert-OH is 1. The highest BCUT2D eigenvalue weighted by Gasteiger charge is 2.22. The lowest BCUT2D eigenvalue weighted by atomic mass is 10.2. The Hall–Kier alpha value is -1.55. The van der Waals surface area contributed by atoms with Gasteiger partial charge in [-0.25, -0.2) is 22.5 Å². The third-order valence-electron chi connectivity index (χ3n) is 2.43. The van der Waals surface area contributed by atoms with Gasteiger partial charge in [0.25, 0.3) is 0 Å². The van der Waals surface area contributed by atoms with Crippen molar-refractivity contribution in [3.05, 3.63) is 40.7 Å². The number of hydrogen-bond donors (Lipinski definition) is 3. The zero-order valence-corrected chi connectivity index (χ0v) is 11.5. The maximum Gasteiger partial charge on any atom is 0.243 e. The summed E-state index contributed by atoms with van der Waals surface area (Å²) in [6.45, 7) is -0.834. The highest BCUT2D eigenvalue weighted by atomic mass is 35.5. The number of halogens is 2. The van der Waals surface area contributed by atoms with E-state index in [0.717, 1.165) is 12.1 Å². The largest absolute Gasteiger partial charge is 0.392 e. The lowest BCUT2D eigenvalue weighted by molar-refractivity contribution is 0.274. The molecular weight excluding hydrogens is 311 g/mol. The van der Waals surface area contributed by atoms with Crippen LogP contribution in [-0.2, 0) is 23.2 Å². The maximum atomic E-state index is 13.9. The van der Waals surface area contributed by atoms with Gasteiger partial charge in [-0.05, 0) is 12.1 Å². The van der Waals surface area contributed by atoms with E-state index >= 15 is 0 Å². The Morgan fingerprint density at radius 3 is 2.80 bits per heavy atom. The van der Waals surface area contributed by atoms with Gasteiger partial charge in [0, 0.05) is 10.6 Å². The van der Waals surface area contributed by atoms with Gasteiger partial charge >= 0.3 is 0 Å². The van der Waals surface area contributed by atoms with Crippen LogP contribution in [-0.4, -0.2) is 28.7 Å². The minimum absolute atomic E-state index is 0.00971. The third kappa shape index (κ3) is 3.12. The van der Waals surface area contributed by atoms with Crippen LogP contribution >= 0.6 is 11.6 Å². The fourth-order valence-electron chi connectivity index (χ4n) is 1.49. The Labute approximate surface area is 118 Å². The molecule has 0 atom stereocenters. The average Bonchev–Trinajstić information content (AvgIpc) is 2.92. The summed E-state index contributed by atoms with van der Waals surface area (Å²) in [7, 11) is -4.13. The molecule has 7 nitrogen and oxygen atoms in total. The Morgan fingerprint density at radius 1 is 1.45 bits per heavy atom. The number of aromatic amines is 1. The lowest BCUT2D eigenvalue weighted by Crippen LogP contribution is -2.25. The number of aliphatic hydroxyl groups is 1. The summed E-state index contributed by atoms with van der Waals surface area (Å²) in [5.41, 5.74) is -0.197. The quantitative estimate of drug-likeness (QED) is 0.746. The maximum absolute atomic E-state index is 13.9. The first kappa shape index (κ1) is 14.9. The average molecular weight is 321 g/mol. The van der Waals surface area contributed by atoms with Gasteiger partial charge in [0.05, 0.1) is 13.2 Å². The van der Waals surface area contributed by atoms with Crippen molar-refractivity contribution in [2.45, 2.75) is 18.0 Å². The van der Waals surface area contributed by atoms with Crippen molar-refractivity contribution < 1.29 is 17.9 Å². The number of aromatic nitrogens is 3. The van der Waals surface area contributed by atoms with Crippen LogP contribution in [0.5, 0.6) is 0 Å². The van der Waals surface area contributed by atoms with E-state index in [0.29, 0.717) is 0 Å². The zero-order chi connectivity index (χ0) is 14.8. The van der Waals surface area contributed by atoms with Crippen LogP contribution in [0.3, 0.4) is 0 Å². The predicted octanol–water partition coefficient (Wildman–Crippen LogP) is 0.568. The molecule has 0 fully saturated rings. The second kappa shape index (κ2) is 5.83. The molecule has 0 saturated heterocycles. The van der Waals surface area contributed by atoms with E-state index in [9.17, 15) is 12.8 Å². The molecule has 0 saturated carbocycles. The summed E-state index contributed by atoms with van der Waals surface area (Å²) >= 11 is 5.71. The molecule has 2 rings (SSSR count). The summed E-state index contributed by atoms with van der Waals surface area (Å²) in [5, 5.41) is 15.0. The molecule has 0 aliphatic carbocycles. The lowest BCUT2D eigenvalue weighted by Gasteiger charge is -2.09. The molecule has 1 heterocycles. The number of nitrogens with one attached hydrogen (secondary N) is 2. The van der Waals surface area contributed by atoms with Gasteiger partial charge in [-0.2, -0.15) is 5.10 Å². The molecule has 0 spiro atoms. The fraction of sp³-hybridized carbons (Fsp3) is 0.200. The summed E-state index contributed by atoms with van der Waals surface area (Å²) in [4.78, 5) is 3.10. The molecule has 3 N–H and O–H groups in total. The van der Waals surface area contributed by atoms with E-state index < -0.39 is 27.3 Å². The van der Waals surface area contributed by atoms with Gasteiger partial charge in [-0.15, -0.1) is 0 Å². The SMILES string of the molecule is O=S(=O)(NCc1ncn[nH]1)c1cc(Cl)cc(CO)c1F. The minimum Gasteiger partial charge on any atom is -0.392 e. The van der Waals surface area contributed by atoms with Crippen LogP contribution in [0.4, 0.5) is 4.39 Å². The zero-order valence-electron chi connectivity index (χ0n) is 9.97. The number of nitrogens with zero attached hydrogens (tertiary/aromatic N) is 2. The Kier molecular flexibility index (Phi) is 4.33. The Bertz CT molecular complexity index is 706. The Balaban J connectivity index is 2.31. The minimum atomic E-state index is -4.13. The number of hydrogen-bond acceptors (Lipinski definition) is 5. The summed E-state index contributed by atoms with van der Waals surface area (Å²) in [5.74, 6) is -0.764. The van der Waals surface area contributed by atoms with Crippen molar-refractivity contribution in [1.82, 2.24) is 19.9 Å². The number of benzene rings is 1. The van der Waals surface area contributed by atoms with E-state index in [-0.39, 0.29) is 23.0 Å². The second-order valence-electron chi connectivity index (χ2n) is 3.79. The molecular formula is C10H10ClFN4O3S. The van der Waals surface area contributed by atoms with E-state index in [1.807, 2.05) is 0 Å². The van der Waals surface area contributed by atoms with Crippen LogP contribution in [0.2, 0.25) is 5.02 Å². The van der Waals surface area contributed by atoms with Gasteiger partial charge in [-0.3, -0.25) is 5.10 Å². The highest BCUT2D eigenvalue weighted by Crippen LogP contribution is 2.23. The molecule has 0 unspecified atom stereocenters. The van der Waals surface area contributed by atoms with Gasteiger partial charge in [0.1, 0.15) is 22.9 Å². The molecule has 10 heteroatoms. The van der Waals surface area contributed by atoms with Gasteiger partial charge in [0.2, 0.25) is 10.0 Å². The highest BCUT2D eigenvalue weighted by molar-refractivity contribution is 7.89. The summed E-state index contributed by atoms with van der Waals surface area (Å²) in [6, 6.07) is 2.13. The molecule has 20 heavy (non-hydrogen) atoms. The monoisotopic (exact) mass is 320 g/mol. The second-order valence-corrected chi connectivity index (χ2v) is 5.96. The van der Waals surface area contributed by atoms with Crippen LogP contribution in [0.1, 0.15) is 11.4 Å². The van der Waals surface area contributed by atoms with E-state index in [2.05, 4.69) is 19.9 Å². The van der Waals surface area contributed by atoms with Crippen molar-refractivity contribution in [3.8, 4) is 0 Å². The number of rotatable bonds is 5. The summed E-state index contributed by atoms with van der Waals surface area (Å²) < 4.78 is 40.1. The van der Waals surface area contributed by atoms with Crippen LogP contribution in [0.15, 0.2) is 23.4 Å². The van der Waals surface area contributed by atoms with Crippen molar-refractivity contribution in [2.24, 2.45) is 0 Å². The standard InChI is InChI=1S/C10H10ClFN4O3S/c11-7-1-6(4-17)10(12)8(2-7)20(18,19)15-3-9-13-5-14-16-9/h1-2,5,15,17H,3-4H2,(H,13,14,16). The smallest absolute Gasteiger partial charge is 0.243 e. The topological polar surface area (TPSA) is 108 Å². The van der Waals surface area contributed by atoms with E-state index in [4.69, 9.17) is 16.7 Å². The van der Waals surface area contributed by atoms with Crippen molar-refractivity contribution in [2.75, 3.05) is 0 Å². The van der Waals surface area contributed by atoms with Crippen LogP contribution in [0.25, 0.3) is 0 Å². The van der Waals surface area contributed by atoms with Crippen LogP contribution < -0.4 is 4.72 Å². The van der Waals surface area contributed by atoms with Crippen molar-refractivity contribution in [1.29, 1.82) is 0 Å². The molecule has 108 valence electrons.